The molecule has 4 rings (SSSR count). The fourth-order valence-electron chi connectivity index (χ4n) is 4.58. The van der Waals surface area contributed by atoms with Crippen molar-refractivity contribution in [3.8, 4) is 11.4 Å². The monoisotopic (exact) mass is 553 g/mol. The van der Waals surface area contributed by atoms with Crippen LogP contribution in [-0.2, 0) is 14.6 Å². The molecule has 0 spiro atoms. The highest BCUT2D eigenvalue weighted by Gasteiger charge is 2.26. The Morgan fingerprint density at radius 1 is 1.10 bits per heavy atom. The highest BCUT2D eigenvalue weighted by atomic mass is 32.2. The predicted octanol–water partition coefficient (Wildman–Crippen LogP) is 3.19. The minimum Gasteiger partial charge on any atom is -0.497 e. The van der Waals surface area contributed by atoms with Gasteiger partial charge in [-0.25, -0.2) is 13.1 Å². The molecule has 11 nitrogen and oxygen atoms in total. The van der Waals surface area contributed by atoms with Crippen molar-refractivity contribution < 1.29 is 27.9 Å². The highest BCUT2D eigenvalue weighted by Crippen LogP contribution is 2.28. The molecule has 0 aliphatic heterocycles. The molecule has 0 bridgehead atoms. The largest absolute Gasteiger partial charge is 0.497 e. The van der Waals surface area contributed by atoms with Crippen LogP contribution in [0, 0.1) is 12.8 Å². The molecule has 1 fully saturated rings. The van der Waals surface area contributed by atoms with Crippen LogP contribution in [-0.4, -0.2) is 60.4 Å². The summed E-state index contributed by atoms with van der Waals surface area (Å²) < 4.78 is 31.5. The molecule has 1 heterocycles. The van der Waals surface area contributed by atoms with E-state index in [1.807, 2.05) is 0 Å². The lowest BCUT2D eigenvalue weighted by molar-refractivity contribution is -0.142. The first-order valence-corrected chi connectivity index (χ1v) is 14.3. The van der Waals surface area contributed by atoms with E-state index in [1.165, 1.54) is 17.9 Å². The summed E-state index contributed by atoms with van der Waals surface area (Å²) in [5, 5.41) is 16.3. The molecule has 206 valence electrons. The second-order valence-corrected chi connectivity index (χ2v) is 11.6. The number of carbonyl (C=O) groups excluding carboxylic acids is 1. The Morgan fingerprint density at radius 2 is 1.77 bits per heavy atom. The maximum Gasteiger partial charge on any atom is 0.306 e. The molecule has 1 aliphatic carbocycles. The molecule has 0 saturated heterocycles. The van der Waals surface area contributed by atoms with Crippen LogP contribution in [0.3, 0.4) is 0 Å². The topological polar surface area (TPSA) is 166 Å². The van der Waals surface area contributed by atoms with Gasteiger partial charge in [0.2, 0.25) is 0 Å². The number of amides is 1. The quantitative estimate of drug-likeness (QED) is 0.282. The number of nitrogens with two attached hydrogens (primary N) is 1. The number of aliphatic carboxylic acids is 1. The molecule has 12 heteroatoms. The maximum atomic E-state index is 13.2. The lowest BCUT2D eigenvalue weighted by Gasteiger charge is -2.23. The molecular weight excluding hydrogens is 522 g/mol. The number of aromatic nitrogens is 2. The Labute approximate surface area is 226 Å². The van der Waals surface area contributed by atoms with Gasteiger partial charge < -0.3 is 20.9 Å². The zero-order chi connectivity index (χ0) is 28.3. The van der Waals surface area contributed by atoms with Gasteiger partial charge in [0.05, 0.1) is 35.3 Å². The normalized spacial score (nSPS) is 18.0. The van der Waals surface area contributed by atoms with E-state index in [0.29, 0.717) is 54.2 Å². The third kappa shape index (κ3) is 6.45. The van der Waals surface area contributed by atoms with Crippen molar-refractivity contribution in [3.05, 3.63) is 65.5 Å². The summed E-state index contributed by atoms with van der Waals surface area (Å²) >= 11 is 0. The maximum absolute atomic E-state index is 13.2. The van der Waals surface area contributed by atoms with Gasteiger partial charge in [-0.2, -0.15) is 5.10 Å². The molecule has 4 N–H and O–H groups in total. The van der Waals surface area contributed by atoms with Crippen molar-refractivity contribution >= 4 is 33.2 Å². The van der Waals surface area contributed by atoms with Crippen LogP contribution in [0.15, 0.2) is 58.4 Å². The van der Waals surface area contributed by atoms with Gasteiger partial charge in [-0.1, -0.05) is 0 Å². The first-order chi connectivity index (χ1) is 18.5. The summed E-state index contributed by atoms with van der Waals surface area (Å²) in [5.74, 6) is -0.835. The molecule has 1 amide bonds. The number of benzene rings is 2. The van der Waals surface area contributed by atoms with Crippen LogP contribution in [0.2, 0.25) is 0 Å². The molecule has 1 aliphatic rings. The number of carboxylic acids is 1. The van der Waals surface area contributed by atoms with E-state index < -0.39 is 21.7 Å². The second kappa shape index (κ2) is 11.3. The molecule has 0 atom stereocenters. The summed E-state index contributed by atoms with van der Waals surface area (Å²) in [5.41, 5.74) is 8.30. The average molecular weight is 554 g/mol. The van der Waals surface area contributed by atoms with Crippen molar-refractivity contribution in [2.24, 2.45) is 16.6 Å². The number of hydrogen-bond donors (Lipinski definition) is 3. The number of aryl methyl sites for hydroxylation is 1. The van der Waals surface area contributed by atoms with Crippen LogP contribution in [0.4, 0.5) is 5.69 Å². The number of carbonyl (C=O) groups is 2. The molecule has 3 aromatic rings. The Kier molecular flexibility index (Phi) is 8.05. The van der Waals surface area contributed by atoms with Gasteiger partial charge in [-0.3, -0.25) is 14.6 Å². The van der Waals surface area contributed by atoms with Crippen molar-refractivity contribution in [2.75, 3.05) is 18.7 Å². The molecule has 0 radical (unpaired) electrons. The van der Waals surface area contributed by atoms with E-state index in [0.717, 1.165) is 6.26 Å². The van der Waals surface area contributed by atoms with Crippen LogP contribution in [0.25, 0.3) is 5.69 Å². The number of carboxylic acid groups (broad SMARTS) is 1. The van der Waals surface area contributed by atoms with Crippen LogP contribution >= 0.6 is 0 Å². The van der Waals surface area contributed by atoms with E-state index in [1.54, 1.807) is 49.4 Å². The van der Waals surface area contributed by atoms with Gasteiger partial charge >= 0.3 is 5.97 Å². The van der Waals surface area contributed by atoms with Gasteiger partial charge in [-0.05, 0) is 75.1 Å². The van der Waals surface area contributed by atoms with Crippen molar-refractivity contribution in [3.63, 3.8) is 0 Å². The summed E-state index contributed by atoms with van der Waals surface area (Å²) in [6, 6.07) is 13.0. The molecule has 0 unspecified atom stereocenters. The third-order valence-corrected chi connectivity index (χ3v) is 7.79. The second-order valence-electron chi connectivity index (χ2n) is 9.58. The first-order valence-electron chi connectivity index (χ1n) is 12.4. The van der Waals surface area contributed by atoms with Crippen molar-refractivity contribution in [1.82, 2.24) is 9.78 Å². The van der Waals surface area contributed by atoms with E-state index in [9.17, 15) is 18.0 Å². The number of nitrogens with one attached hydrogen (secondary N) is 1. The number of amidine groups is 1. The zero-order valence-electron chi connectivity index (χ0n) is 21.9. The first kappa shape index (κ1) is 27.8. The van der Waals surface area contributed by atoms with Gasteiger partial charge in [0, 0.05) is 23.6 Å². The standard InChI is InChI=1S/C27H31N5O6S/c1-16-14-23(32(31-16)22-13-12-21(38-2)15-24(22)39(3,36)37)26(33)30-20-8-4-17(5-9-20)25(28)29-19-10-6-18(7-11-19)27(34)35/h4-5,8-9,12-15,18-19H,6-7,10-11H2,1-3H3,(H2,28,29)(H,30,33)(H,34,35). The fraction of sp³-hybridized carbons (Fsp3) is 0.333. The van der Waals surface area contributed by atoms with Gasteiger partial charge in [0.15, 0.2) is 9.84 Å². The molecule has 1 saturated carbocycles. The van der Waals surface area contributed by atoms with Gasteiger partial charge in [0.25, 0.3) is 5.91 Å². The summed E-state index contributed by atoms with van der Waals surface area (Å²) in [6.07, 6.45) is 3.60. The third-order valence-electron chi connectivity index (χ3n) is 6.66. The lowest BCUT2D eigenvalue weighted by Crippen LogP contribution is -2.25. The lowest BCUT2D eigenvalue weighted by atomic mass is 9.86. The minimum absolute atomic E-state index is 0.0155. The van der Waals surface area contributed by atoms with Gasteiger partial charge in [0.1, 0.15) is 17.3 Å². The zero-order valence-corrected chi connectivity index (χ0v) is 22.7. The van der Waals surface area contributed by atoms with E-state index >= 15 is 0 Å². The Hall–Kier alpha value is -4.19. The fourth-order valence-corrected chi connectivity index (χ4v) is 5.45. The number of rotatable bonds is 8. The van der Waals surface area contributed by atoms with Crippen molar-refractivity contribution in [2.45, 2.75) is 43.5 Å². The van der Waals surface area contributed by atoms with Crippen LogP contribution in [0.5, 0.6) is 5.75 Å². The summed E-state index contributed by atoms with van der Waals surface area (Å²) in [6.45, 7) is 1.71. The Morgan fingerprint density at radius 3 is 2.36 bits per heavy atom. The number of aliphatic imine (C=N–C) groups is 1. The highest BCUT2D eigenvalue weighted by molar-refractivity contribution is 7.90. The van der Waals surface area contributed by atoms with Crippen molar-refractivity contribution in [1.29, 1.82) is 0 Å². The number of anilines is 1. The van der Waals surface area contributed by atoms with Gasteiger partial charge in [-0.15, -0.1) is 0 Å². The molecule has 39 heavy (non-hydrogen) atoms. The number of sulfone groups is 1. The predicted molar refractivity (Wildman–Crippen MR) is 146 cm³/mol. The Bertz CT molecular complexity index is 1520. The SMILES string of the molecule is COc1ccc(-n2nc(C)cc2C(=O)Nc2ccc(C(N)=NC3CCC(C(=O)O)CC3)cc2)c(S(C)(=O)=O)c1. The minimum atomic E-state index is -3.66. The van der Waals surface area contributed by atoms with E-state index in [2.05, 4.69) is 15.4 Å². The van der Waals surface area contributed by atoms with E-state index in [4.69, 9.17) is 15.6 Å². The molecular formula is C27H31N5O6S. The summed E-state index contributed by atoms with van der Waals surface area (Å²) in [7, 11) is -2.22. The number of nitrogens with zero attached hydrogens (tertiary/aromatic N) is 3. The number of hydrogen-bond acceptors (Lipinski definition) is 7. The molecule has 1 aromatic heterocycles. The smallest absolute Gasteiger partial charge is 0.306 e. The Balaban J connectivity index is 1.52. The molecule has 2 aromatic carbocycles. The number of ether oxygens (including phenoxy) is 1. The number of methoxy groups -OCH3 is 1. The van der Waals surface area contributed by atoms with Crippen LogP contribution in [0.1, 0.15) is 47.4 Å². The average Bonchev–Trinajstić information content (AvgIpc) is 3.30. The van der Waals surface area contributed by atoms with Crippen LogP contribution < -0.4 is 15.8 Å². The summed E-state index contributed by atoms with van der Waals surface area (Å²) in [4.78, 5) is 28.9. The van der Waals surface area contributed by atoms with E-state index in [-0.39, 0.29) is 28.2 Å².